The number of hydrogen-bond donors (Lipinski definition) is 1. The van der Waals surface area contributed by atoms with Gasteiger partial charge in [0.15, 0.2) is 11.6 Å². The third-order valence-corrected chi connectivity index (χ3v) is 3.46. The zero-order valence-corrected chi connectivity index (χ0v) is 10.7. The Bertz CT molecular complexity index is 446. The molecule has 18 heavy (non-hydrogen) atoms. The Hall–Kier alpha value is -1.65. The predicted octanol–water partition coefficient (Wildman–Crippen LogP) is 2.13. The first kappa shape index (κ1) is 12.8. The molecule has 0 saturated heterocycles. The number of halogens is 1. The fourth-order valence-corrected chi connectivity index (χ4v) is 2.13. The highest BCUT2D eigenvalue weighted by molar-refractivity contribution is 5.95. The number of anilines is 1. The van der Waals surface area contributed by atoms with Crippen LogP contribution < -0.4 is 5.32 Å². The fourth-order valence-electron chi connectivity index (χ4n) is 2.13. The van der Waals surface area contributed by atoms with Crippen LogP contribution in [0.25, 0.3) is 0 Å². The summed E-state index contributed by atoms with van der Waals surface area (Å²) < 4.78 is 13.9. The van der Waals surface area contributed by atoms with Crippen LogP contribution in [0.2, 0.25) is 0 Å². The summed E-state index contributed by atoms with van der Waals surface area (Å²) in [6.07, 6.45) is 5.01. The van der Waals surface area contributed by atoms with E-state index in [1.807, 2.05) is 0 Å². The van der Waals surface area contributed by atoms with Gasteiger partial charge in [0.2, 0.25) is 0 Å². The van der Waals surface area contributed by atoms with E-state index >= 15 is 0 Å². The zero-order chi connectivity index (χ0) is 13.1. The monoisotopic (exact) mass is 251 g/mol. The van der Waals surface area contributed by atoms with E-state index in [4.69, 9.17) is 0 Å². The molecule has 5 heteroatoms. The minimum absolute atomic E-state index is 0.0798. The van der Waals surface area contributed by atoms with Gasteiger partial charge in [-0.05, 0) is 24.8 Å². The molecule has 2 rings (SSSR count). The predicted molar refractivity (Wildman–Crippen MR) is 68.0 cm³/mol. The van der Waals surface area contributed by atoms with Gasteiger partial charge in [0.05, 0.1) is 5.56 Å². The summed E-state index contributed by atoms with van der Waals surface area (Å²) in [5, 5.41) is 2.64. The quantitative estimate of drug-likeness (QED) is 0.891. The van der Waals surface area contributed by atoms with E-state index in [2.05, 4.69) is 10.3 Å². The van der Waals surface area contributed by atoms with Gasteiger partial charge in [-0.3, -0.25) is 4.79 Å². The SMILES string of the molecule is CNc1nccc(C(=O)N(C)CC2CCC2)c1F. The standard InChI is InChI=1S/C13H18FN3O/c1-15-12-11(14)10(6-7-16-12)13(18)17(2)8-9-4-3-5-9/h6-7,9H,3-5,8H2,1-2H3,(H,15,16). The van der Waals surface area contributed by atoms with Crippen molar-refractivity contribution in [3.63, 3.8) is 0 Å². The molecule has 1 amide bonds. The summed E-state index contributed by atoms with van der Waals surface area (Å²) in [4.78, 5) is 17.6. The Balaban J connectivity index is 2.11. The number of nitrogens with zero attached hydrogens (tertiary/aromatic N) is 2. The maximum atomic E-state index is 13.9. The molecule has 0 spiro atoms. The number of carbonyl (C=O) groups is 1. The van der Waals surface area contributed by atoms with Crippen LogP contribution in [0.1, 0.15) is 29.6 Å². The summed E-state index contributed by atoms with van der Waals surface area (Å²) in [6.45, 7) is 0.704. The molecular weight excluding hydrogens is 233 g/mol. The molecule has 0 unspecified atom stereocenters. The van der Waals surface area contributed by atoms with Crippen molar-refractivity contribution < 1.29 is 9.18 Å². The van der Waals surface area contributed by atoms with Crippen LogP contribution in [0.15, 0.2) is 12.3 Å². The van der Waals surface area contributed by atoms with Gasteiger partial charge in [-0.15, -0.1) is 0 Å². The van der Waals surface area contributed by atoms with Crippen molar-refractivity contribution in [3.05, 3.63) is 23.6 Å². The van der Waals surface area contributed by atoms with Gasteiger partial charge < -0.3 is 10.2 Å². The molecule has 1 aromatic rings. The number of nitrogens with one attached hydrogen (secondary N) is 1. The molecule has 4 nitrogen and oxygen atoms in total. The lowest BCUT2D eigenvalue weighted by Crippen LogP contribution is -2.34. The van der Waals surface area contributed by atoms with Crippen molar-refractivity contribution in [3.8, 4) is 0 Å². The van der Waals surface area contributed by atoms with Gasteiger partial charge >= 0.3 is 0 Å². The van der Waals surface area contributed by atoms with E-state index in [9.17, 15) is 9.18 Å². The smallest absolute Gasteiger partial charge is 0.256 e. The maximum absolute atomic E-state index is 13.9. The third kappa shape index (κ3) is 2.44. The van der Waals surface area contributed by atoms with Crippen LogP contribution in [-0.2, 0) is 0 Å². The highest BCUT2D eigenvalue weighted by atomic mass is 19.1. The van der Waals surface area contributed by atoms with E-state index in [0.717, 1.165) is 12.8 Å². The van der Waals surface area contributed by atoms with Crippen molar-refractivity contribution in [1.29, 1.82) is 0 Å². The van der Waals surface area contributed by atoms with E-state index in [0.29, 0.717) is 12.5 Å². The first-order valence-corrected chi connectivity index (χ1v) is 6.21. The van der Waals surface area contributed by atoms with Gasteiger partial charge in [-0.2, -0.15) is 0 Å². The average Bonchev–Trinajstić information content (AvgIpc) is 2.33. The Morgan fingerprint density at radius 1 is 1.61 bits per heavy atom. The summed E-state index contributed by atoms with van der Waals surface area (Å²) in [5.74, 6) is -0.172. The van der Waals surface area contributed by atoms with Crippen LogP contribution in [0.3, 0.4) is 0 Å². The van der Waals surface area contributed by atoms with Crippen molar-refractivity contribution in [2.75, 3.05) is 26.0 Å². The normalized spacial score (nSPS) is 15.1. The summed E-state index contributed by atoms with van der Waals surface area (Å²) >= 11 is 0. The number of hydrogen-bond acceptors (Lipinski definition) is 3. The second-order valence-corrected chi connectivity index (χ2v) is 4.75. The van der Waals surface area contributed by atoms with Crippen molar-refractivity contribution in [1.82, 2.24) is 9.88 Å². The highest BCUT2D eigenvalue weighted by Crippen LogP contribution is 2.27. The lowest BCUT2D eigenvalue weighted by atomic mass is 9.85. The second-order valence-electron chi connectivity index (χ2n) is 4.75. The molecule has 0 bridgehead atoms. The van der Waals surface area contributed by atoms with Crippen LogP contribution in [0, 0.1) is 11.7 Å². The topological polar surface area (TPSA) is 45.2 Å². The molecule has 98 valence electrons. The molecule has 0 aliphatic heterocycles. The first-order valence-electron chi connectivity index (χ1n) is 6.21. The molecule has 1 heterocycles. The Kier molecular flexibility index (Phi) is 3.79. The molecule has 1 fully saturated rings. The van der Waals surface area contributed by atoms with E-state index < -0.39 is 5.82 Å². The van der Waals surface area contributed by atoms with E-state index in [1.165, 1.54) is 18.7 Å². The van der Waals surface area contributed by atoms with Crippen molar-refractivity contribution in [2.24, 2.45) is 5.92 Å². The zero-order valence-electron chi connectivity index (χ0n) is 10.7. The fraction of sp³-hybridized carbons (Fsp3) is 0.538. The number of amides is 1. The molecular formula is C13H18FN3O. The number of rotatable bonds is 4. The van der Waals surface area contributed by atoms with Crippen LogP contribution in [-0.4, -0.2) is 36.4 Å². The Morgan fingerprint density at radius 3 is 2.89 bits per heavy atom. The van der Waals surface area contributed by atoms with Gasteiger partial charge in [-0.25, -0.2) is 9.37 Å². The number of carbonyl (C=O) groups excluding carboxylic acids is 1. The summed E-state index contributed by atoms with van der Waals surface area (Å²) in [5.41, 5.74) is 0.0798. The molecule has 0 atom stereocenters. The van der Waals surface area contributed by atoms with Gasteiger partial charge in [-0.1, -0.05) is 6.42 Å². The lowest BCUT2D eigenvalue weighted by Gasteiger charge is -2.30. The third-order valence-electron chi connectivity index (χ3n) is 3.46. The second kappa shape index (κ2) is 5.33. The maximum Gasteiger partial charge on any atom is 0.256 e. The van der Waals surface area contributed by atoms with Gasteiger partial charge in [0, 0.05) is 26.8 Å². The van der Waals surface area contributed by atoms with Crippen molar-refractivity contribution in [2.45, 2.75) is 19.3 Å². The van der Waals surface area contributed by atoms with Crippen LogP contribution in [0.5, 0.6) is 0 Å². The number of aromatic nitrogens is 1. The molecule has 1 aliphatic carbocycles. The highest BCUT2D eigenvalue weighted by Gasteiger charge is 2.24. The van der Waals surface area contributed by atoms with E-state index in [1.54, 1.807) is 19.0 Å². The molecule has 1 aliphatic rings. The van der Waals surface area contributed by atoms with Gasteiger partial charge in [0.1, 0.15) is 0 Å². The Labute approximate surface area is 106 Å². The summed E-state index contributed by atoms with van der Waals surface area (Å²) in [7, 11) is 3.30. The molecule has 0 radical (unpaired) electrons. The number of pyridine rings is 1. The summed E-state index contributed by atoms with van der Waals surface area (Å²) in [6, 6.07) is 1.43. The van der Waals surface area contributed by atoms with Crippen LogP contribution in [0.4, 0.5) is 10.2 Å². The molecule has 1 aromatic heterocycles. The average molecular weight is 251 g/mol. The Morgan fingerprint density at radius 2 is 2.33 bits per heavy atom. The van der Waals surface area contributed by atoms with Gasteiger partial charge in [0.25, 0.3) is 5.91 Å². The van der Waals surface area contributed by atoms with Crippen molar-refractivity contribution >= 4 is 11.7 Å². The minimum atomic E-state index is -0.578. The molecule has 0 aromatic carbocycles. The molecule has 1 N–H and O–H groups in total. The lowest BCUT2D eigenvalue weighted by molar-refractivity contribution is 0.0740. The van der Waals surface area contributed by atoms with Crippen LogP contribution >= 0.6 is 0 Å². The minimum Gasteiger partial charge on any atom is -0.371 e. The molecule has 1 saturated carbocycles. The first-order chi connectivity index (χ1) is 8.63. The largest absolute Gasteiger partial charge is 0.371 e. The van der Waals surface area contributed by atoms with E-state index in [-0.39, 0.29) is 17.3 Å².